The molecule has 1 saturated carbocycles. The Bertz CT molecular complexity index is 512. The van der Waals surface area contributed by atoms with E-state index in [9.17, 15) is 8.78 Å². The highest BCUT2D eigenvalue weighted by Gasteiger charge is 2.36. The van der Waals surface area contributed by atoms with E-state index in [1.165, 1.54) is 25.7 Å². The third kappa shape index (κ3) is 2.51. The Morgan fingerprint density at radius 3 is 2.80 bits per heavy atom. The lowest BCUT2D eigenvalue weighted by Gasteiger charge is -2.40. The lowest BCUT2D eigenvalue weighted by Crippen LogP contribution is -2.29. The van der Waals surface area contributed by atoms with E-state index in [-0.39, 0.29) is 15.2 Å². The number of rotatable bonds is 2. The molecule has 1 fully saturated rings. The standard InChI is InChI=1S/C17H21F2I/c1-2-3-10-4-6-12-11(8-10)5-7-13-14(12)9-15(18)17(20)16(13)19/h9-12H,2-8H2,1H3. The fourth-order valence-electron chi connectivity index (χ4n) is 4.33. The van der Waals surface area contributed by atoms with Gasteiger partial charge in [-0.15, -0.1) is 0 Å². The van der Waals surface area contributed by atoms with Gasteiger partial charge in [-0.2, -0.15) is 0 Å². The molecular weight excluding hydrogens is 369 g/mol. The number of fused-ring (bicyclic) bond motifs is 3. The molecule has 2 aliphatic rings. The predicted octanol–water partition coefficient (Wildman–Crippen LogP) is 5.82. The van der Waals surface area contributed by atoms with Gasteiger partial charge in [0.05, 0.1) is 3.57 Å². The second-order valence-corrected chi connectivity index (χ2v) is 7.51. The maximum atomic E-state index is 14.3. The van der Waals surface area contributed by atoms with Crippen molar-refractivity contribution >= 4 is 22.6 Å². The molecule has 0 saturated heterocycles. The van der Waals surface area contributed by atoms with Crippen LogP contribution in [0.1, 0.15) is 62.5 Å². The molecule has 0 aromatic heterocycles. The van der Waals surface area contributed by atoms with Crippen LogP contribution in [0.4, 0.5) is 8.78 Å². The van der Waals surface area contributed by atoms with Crippen LogP contribution < -0.4 is 0 Å². The van der Waals surface area contributed by atoms with E-state index in [1.807, 2.05) is 0 Å². The van der Waals surface area contributed by atoms with Gasteiger partial charge in [0, 0.05) is 0 Å². The molecule has 1 aromatic rings. The molecule has 20 heavy (non-hydrogen) atoms. The van der Waals surface area contributed by atoms with Gasteiger partial charge in [0.25, 0.3) is 0 Å². The number of hydrogen-bond donors (Lipinski definition) is 0. The van der Waals surface area contributed by atoms with Gasteiger partial charge in [0.2, 0.25) is 0 Å². The highest BCUT2D eigenvalue weighted by atomic mass is 127. The van der Waals surface area contributed by atoms with Crippen LogP contribution in [-0.4, -0.2) is 0 Å². The number of hydrogen-bond acceptors (Lipinski definition) is 0. The van der Waals surface area contributed by atoms with Crippen LogP contribution in [0.2, 0.25) is 0 Å². The molecule has 110 valence electrons. The zero-order valence-electron chi connectivity index (χ0n) is 11.9. The maximum Gasteiger partial charge on any atom is 0.142 e. The Hall–Kier alpha value is -0.190. The van der Waals surface area contributed by atoms with E-state index < -0.39 is 0 Å². The summed E-state index contributed by atoms with van der Waals surface area (Å²) >= 11 is 1.79. The van der Waals surface area contributed by atoms with Crippen molar-refractivity contribution < 1.29 is 8.78 Å². The van der Waals surface area contributed by atoms with Gasteiger partial charge in [-0.3, -0.25) is 0 Å². The van der Waals surface area contributed by atoms with Crippen LogP contribution >= 0.6 is 22.6 Å². The van der Waals surface area contributed by atoms with Gasteiger partial charge in [0.1, 0.15) is 11.6 Å². The first kappa shape index (κ1) is 14.7. The smallest absolute Gasteiger partial charge is 0.142 e. The Labute approximate surface area is 133 Å². The second-order valence-electron chi connectivity index (χ2n) is 6.43. The minimum absolute atomic E-state index is 0.166. The highest BCUT2D eigenvalue weighted by molar-refractivity contribution is 14.1. The molecule has 2 aliphatic carbocycles. The average molecular weight is 390 g/mol. The summed E-state index contributed by atoms with van der Waals surface area (Å²) in [6, 6.07) is 1.62. The van der Waals surface area contributed by atoms with Crippen molar-refractivity contribution in [1.82, 2.24) is 0 Å². The zero-order chi connectivity index (χ0) is 14.3. The van der Waals surface area contributed by atoms with Crippen LogP contribution in [0.15, 0.2) is 6.07 Å². The van der Waals surface area contributed by atoms with E-state index in [2.05, 4.69) is 6.92 Å². The van der Waals surface area contributed by atoms with E-state index in [1.54, 1.807) is 28.7 Å². The van der Waals surface area contributed by atoms with Crippen LogP contribution in [0.3, 0.4) is 0 Å². The summed E-state index contributed by atoms with van der Waals surface area (Å²) in [6.45, 7) is 2.24. The largest absolute Gasteiger partial charge is 0.206 e. The molecule has 0 nitrogen and oxygen atoms in total. The monoisotopic (exact) mass is 390 g/mol. The van der Waals surface area contributed by atoms with Crippen LogP contribution in [0.25, 0.3) is 0 Å². The SMILES string of the molecule is CCCC1CCC2c3cc(F)c(I)c(F)c3CCC2C1. The third-order valence-electron chi connectivity index (χ3n) is 5.25. The van der Waals surface area contributed by atoms with Crippen molar-refractivity contribution in [1.29, 1.82) is 0 Å². The van der Waals surface area contributed by atoms with Gasteiger partial charge in [-0.25, -0.2) is 8.78 Å². The first-order valence-electron chi connectivity index (χ1n) is 7.78. The van der Waals surface area contributed by atoms with Crippen molar-refractivity contribution in [2.75, 3.05) is 0 Å². The molecule has 1 aromatic carbocycles. The lowest BCUT2D eigenvalue weighted by molar-refractivity contribution is 0.199. The maximum absolute atomic E-state index is 14.3. The van der Waals surface area contributed by atoms with E-state index >= 15 is 0 Å². The summed E-state index contributed by atoms with van der Waals surface area (Å²) < 4.78 is 28.3. The van der Waals surface area contributed by atoms with Crippen molar-refractivity contribution in [2.24, 2.45) is 11.8 Å². The minimum atomic E-state index is -0.377. The molecular formula is C17H21F2I. The van der Waals surface area contributed by atoms with Crippen LogP contribution in [-0.2, 0) is 6.42 Å². The summed E-state index contributed by atoms with van der Waals surface area (Å²) in [5.74, 6) is 1.20. The molecule has 3 atom stereocenters. The van der Waals surface area contributed by atoms with Gasteiger partial charge in [-0.05, 0) is 89.6 Å². The van der Waals surface area contributed by atoms with Crippen LogP contribution in [0, 0.1) is 27.0 Å². The average Bonchev–Trinajstić information content (AvgIpc) is 2.45. The summed E-state index contributed by atoms with van der Waals surface area (Å²) in [5.41, 5.74) is 1.78. The first-order valence-corrected chi connectivity index (χ1v) is 8.86. The summed E-state index contributed by atoms with van der Waals surface area (Å²) in [4.78, 5) is 0. The first-order chi connectivity index (χ1) is 9.61. The number of halogens is 3. The van der Waals surface area contributed by atoms with Crippen molar-refractivity contribution in [3.63, 3.8) is 0 Å². The predicted molar refractivity (Wildman–Crippen MR) is 85.9 cm³/mol. The Morgan fingerprint density at radius 2 is 2.05 bits per heavy atom. The normalized spacial score (nSPS) is 28.9. The lowest BCUT2D eigenvalue weighted by atomic mass is 9.64. The summed E-state index contributed by atoms with van der Waals surface area (Å²) in [7, 11) is 0. The van der Waals surface area contributed by atoms with Crippen molar-refractivity contribution in [2.45, 2.75) is 57.8 Å². The summed E-state index contributed by atoms with van der Waals surface area (Å²) in [6.07, 6.45) is 8.03. The van der Waals surface area contributed by atoms with Crippen molar-refractivity contribution in [3.8, 4) is 0 Å². The van der Waals surface area contributed by atoms with Gasteiger partial charge in [-0.1, -0.05) is 19.8 Å². The van der Waals surface area contributed by atoms with Crippen molar-refractivity contribution in [3.05, 3.63) is 32.4 Å². The van der Waals surface area contributed by atoms with Crippen LogP contribution in [0.5, 0.6) is 0 Å². The Kier molecular flexibility index (Phi) is 4.34. The molecule has 0 amide bonds. The second kappa shape index (κ2) is 5.90. The number of benzene rings is 1. The van der Waals surface area contributed by atoms with Gasteiger partial charge < -0.3 is 0 Å². The van der Waals surface area contributed by atoms with Gasteiger partial charge in [0.15, 0.2) is 0 Å². The quantitative estimate of drug-likeness (QED) is 0.441. The molecule has 3 unspecified atom stereocenters. The molecule has 0 N–H and O–H groups in total. The Balaban J connectivity index is 1.90. The molecule has 3 heteroatoms. The third-order valence-corrected chi connectivity index (χ3v) is 6.24. The molecule has 0 radical (unpaired) electrons. The minimum Gasteiger partial charge on any atom is -0.206 e. The summed E-state index contributed by atoms with van der Waals surface area (Å²) in [5, 5.41) is 0. The zero-order valence-corrected chi connectivity index (χ0v) is 14.1. The Morgan fingerprint density at radius 1 is 1.25 bits per heavy atom. The molecule has 0 spiro atoms. The fraction of sp³-hybridized carbons (Fsp3) is 0.647. The van der Waals surface area contributed by atoms with E-state index in [0.29, 0.717) is 11.8 Å². The highest BCUT2D eigenvalue weighted by Crippen LogP contribution is 2.48. The van der Waals surface area contributed by atoms with E-state index in [4.69, 9.17) is 0 Å². The molecule has 3 rings (SSSR count). The van der Waals surface area contributed by atoms with Gasteiger partial charge >= 0.3 is 0 Å². The molecule has 0 aliphatic heterocycles. The molecule has 0 bridgehead atoms. The fourth-order valence-corrected chi connectivity index (χ4v) is 4.81. The topological polar surface area (TPSA) is 0 Å². The molecule has 0 heterocycles. The van der Waals surface area contributed by atoms with E-state index in [0.717, 1.165) is 36.3 Å².